The fourth-order valence-corrected chi connectivity index (χ4v) is 2.24. The Kier molecular flexibility index (Phi) is 2.85. The van der Waals surface area contributed by atoms with Gasteiger partial charge in [-0.25, -0.2) is 0 Å². The fourth-order valence-electron chi connectivity index (χ4n) is 2.24. The van der Waals surface area contributed by atoms with E-state index < -0.39 is 0 Å². The minimum atomic E-state index is -0.215. The zero-order valence-corrected chi connectivity index (χ0v) is 8.53. The smallest absolute Gasteiger partial charge is 0.0698 e. The number of hydrogen-bond donors (Lipinski definition) is 2. The first kappa shape index (κ1) is 9.69. The molecule has 2 nitrogen and oxygen atoms in total. The fraction of sp³-hybridized carbons (Fsp3) is 0.500. The second kappa shape index (κ2) is 4.11. The molecule has 1 unspecified atom stereocenters. The van der Waals surface area contributed by atoms with E-state index in [0.29, 0.717) is 12.5 Å². The molecule has 0 fully saturated rings. The van der Waals surface area contributed by atoms with Crippen molar-refractivity contribution in [3.8, 4) is 0 Å². The molecular formula is C12H17NO. The third kappa shape index (κ3) is 1.81. The van der Waals surface area contributed by atoms with Crippen LogP contribution < -0.4 is 5.32 Å². The van der Waals surface area contributed by atoms with E-state index in [9.17, 15) is 5.11 Å². The summed E-state index contributed by atoms with van der Waals surface area (Å²) >= 11 is 0. The number of benzene rings is 1. The number of aliphatic hydroxyl groups excluding tert-OH is 1. The molecule has 0 saturated carbocycles. The van der Waals surface area contributed by atoms with Gasteiger partial charge in [0.25, 0.3) is 0 Å². The monoisotopic (exact) mass is 191 g/mol. The maximum Gasteiger partial charge on any atom is 0.0698 e. The van der Waals surface area contributed by atoms with Gasteiger partial charge in [-0.1, -0.05) is 24.3 Å². The molecule has 1 aromatic rings. The van der Waals surface area contributed by atoms with Crippen molar-refractivity contribution in [2.75, 3.05) is 13.6 Å². The minimum absolute atomic E-state index is 0.215. The molecule has 1 aliphatic carbocycles. The van der Waals surface area contributed by atoms with Crippen LogP contribution in [0.25, 0.3) is 0 Å². The summed E-state index contributed by atoms with van der Waals surface area (Å²) in [6, 6.07) is 8.49. The second-order valence-corrected chi connectivity index (χ2v) is 4.06. The van der Waals surface area contributed by atoms with Crippen molar-refractivity contribution in [2.24, 2.45) is 5.92 Å². The summed E-state index contributed by atoms with van der Waals surface area (Å²) in [4.78, 5) is 0. The lowest BCUT2D eigenvalue weighted by Gasteiger charge is -2.16. The molecule has 1 aliphatic rings. The van der Waals surface area contributed by atoms with Crippen LogP contribution in [0.5, 0.6) is 0 Å². The first-order valence-corrected chi connectivity index (χ1v) is 5.20. The standard InChI is InChI=1S/C12H17NO/c1-13-8-12(14)11-6-9-4-2-3-5-10(9)7-11/h2-5,11-14H,6-8H2,1H3. The van der Waals surface area contributed by atoms with Crippen molar-refractivity contribution < 1.29 is 5.11 Å². The van der Waals surface area contributed by atoms with E-state index in [4.69, 9.17) is 0 Å². The van der Waals surface area contributed by atoms with Crippen LogP contribution in [0.2, 0.25) is 0 Å². The van der Waals surface area contributed by atoms with E-state index in [1.165, 1.54) is 11.1 Å². The highest BCUT2D eigenvalue weighted by atomic mass is 16.3. The van der Waals surface area contributed by atoms with Crippen LogP contribution in [0.3, 0.4) is 0 Å². The van der Waals surface area contributed by atoms with Crippen LogP contribution in [0.4, 0.5) is 0 Å². The molecule has 0 aromatic heterocycles. The molecule has 0 heterocycles. The minimum Gasteiger partial charge on any atom is -0.391 e. The van der Waals surface area contributed by atoms with Crippen LogP contribution in [-0.2, 0) is 12.8 Å². The van der Waals surface area contributed by atoms with E-state index in [1.54, 1.807) is 0 Å². The van der Waals surface area contributed by atoms with Gasteiger partial charge in [-0.3, -0.25) is 0 Å². The molecular weight excluding hydrogens is 174 g/mol. The molecule has 14 heavy (non-hydrogen) atoms. The lowest BCUT2D eigenvalue weighted by Crippen LogP contribution is -2.31. The number of fused-ring (bicyclic) bond motifs is 1. The summed E-state index contributed by atoms with van der Waals surface area (Å²) in [6.45, 7) is 0.693. The third-order valence-electron chi connectivity index (χ3n) is 3.04. The van der Waals surface area contributed by atoms with Crippen LogP contribution >= 0.6 is 0 Å². The Labute approximate surface area is 85.0 Å². The van der Waals surface area contributed by atoms with Gasteiger partial charge in [0.2, 0.25) is 0 Å². The largest absolute Gasteiger partial charge is 0.391 e. The van der Waals surface area contributed by atoms with Gasteiger partial charge in [-0.2, -0.15) is 0 Å². The Bertz CT molecular complexity index is 286. The molecule has 0 aliphatic heterocycles. The highest BCUT2D eigenvalue weighted by molar-refractivity contribution is 5.32. The second-order valence-electron chi connectivity index (χ2n) is 4.06. The lowest BCUT2D eigenvalue weighted by molar-refractivity contribution is 0.113. The summed E-state index contributed by atoms with van der Waals surface area (Å²) in [5, 5.41) is 12.9. The van der Waals surface area contributed by atoms with Crippen LogP contribution in [0.1, 0.15) is 11.1 Å². The highest BCUT2D eigenvalue weighted by Gasteiger charge is 2.26. The van der Waals surface area contributed by atoms with E-state index in [-0.39, 0.29) is 6.10 Å². The summed E-state index contributed by atoms with van der Waals surface area (Å²) in [7, 11) is 1.88. The topological polar surface area (TPSA) is 32.3 Å². The van der Waals surface area contributed by atoms with Gasteiger partial charge >= 0.3 is 0 Å². The SMILES string of the molecule is CNCC(O)C1Cc2ccccc2C1. The van der Waals surface area contributed by atoms with Crippen molar-refractivity contribution >= 4 is 0 Å². The van der Waals surface area contributed by atoms with Gasteiger partial charge < -0.3 is 10.4 Å². The molecule has 76 valence electrons. The van der Waals surface area contributed by atoms with Crippen LogP contribution in [0.15, 0.2) is 24.3 Å². The van der Waals surface area contributed by atoms with Crippen LogP contribution in [0, 0.1) is 5.92 Å². The molecule has 1 atom stereocenters. The summed E-state index contributed by atoms with van der Waals surface area (Å²) in [6.07, 6.45) is 1.84. The molecule has 2 rings (SSSR count). The Morgan fingerprint density at radius 3 is 2.43 bits per heavy atom. The lowest BCUT2D eigenvalue weighted by atomic mass is 9.99. The van der Waals surface area contributed by atoms with Gasteiger partial charge in [0, 0.05) is 6.54 Å². The quantitative estimate of drug-likeness (QED) is 0.746. The van der Waals surface area contributed by atoms with Crippen molar-refractivity contribution in [2.45, 2.75) is 18.9 Å². The number of likely N-dealkylation sites (N-methyl/N-ethyl adjacent to an activating group) is 1. The molecule has 0 amide bonds. The molecule has 2 N–H and O–H groups in total. The van der Waals surface area contributed by atoms with Crippen molar-refractivity contribution in [1.29, 1.82) is 0 Å². The molecule has 0 saturated heterocycles. The number of nitrogens with one attached hydrogen (secondary N) is 1. The zero-order chi connectivity index (χ0) is 9.97. The molecule has 0 radical (unpaired) electrons. The molecule has 1 aromatic carbocycles. The van der Waals surface area contributed by atoms with E-state index in [1.807, 2.05) is 7.05 Å². The van der Waals surface area contributed by atoms with Gasteiger partial charge in [-0.05, 0) is 36.9 Å². The normalized spacial score (nSPS) is 18.1. The highest BCUT2D eigenvalue weighted by Crippen LogP contribution is 2.28. The Morgan fingerprint density at radius 1 is 1.36 bits per heavy atom. The van der Waals surface area contributed by atoms with E-state index in [2.05, 4.69) is 29.6 Å². The molecule has 0 bridgehead atoms. The predicted molar refractivity (Wildman–Crippen MR) is 57.3 cm³/mol. The van der Waals surface area contributed by atoms with Crippen molar-refractivity contribution in [3.63, 3.8) is 0 Å². The maximum atomic E-state index is 9.86. The first-order chi connectivity index (χ1) is 6.81. The number of aliphatic hydroxyl groups is 1. The Morgan fingerprint density at radius 2 is 1.93 bits per heavy atom. The first-order valence-electron chi connectivity index (χ1n) is 5.20. The number of rotatable bonds is 3. The van der Waals surface area contributed by atoms with Gasteiger partial charge in [0.15, 0.2) is 0 Å². The average Bonchev–Trinajstić information content (AvgIpc) is 2.61. The van der Waals surface area contributed by atoms with Gasteiger partial charge in [0.1, 0.15) is 0 Å². The van der Waals surface area contributed by atoms with Gasteiger partial charge in [-0.15, -0.1) is 0 Å². The number of hydrogen-bond acceptors (Lipinski definition) is 2. The van der Waals surface area contributed by atoms with Crippen LogP contribution in [-0.4, -0.2) is 24.8 Å². The predicted octanol–water partition coefficient (Wildman–Crippen LogP) is 0.982. The third-order valence-corrected chi connectivity index (χ3v) is 3.04. The summed E-state index contributed by atoms with van der Waals surface area (Å²) < 4.78 is 0. The maximum absolute atomic E-state index is 9.86. The van der Waals surface area contributed by atoms with Crippen molar-refractivity contribution in [3.05, 3.63) is 35.4 Å². The Hall–Kier alpha value is -0.860. The molecule has 2 heteroatoms. The zero-order valence-electron chi connectivity index (χ0n) is 8.53. The molecule has 0 spiro atoms. The average molecular weight is 191 g/mol. The van der Waals surface area contributed by atoms with Crippen molar-refractivity contribution in [1.82, 2.24) is 5.32 Å². The van der Waals surface area contributed by atoms with E-state index >= 15 is 0 Å². The Balaban J connectivity index is 2.04. The summed E-state index contributed by atoms with van der Waals surface area (Å²) in [5.74, 6) is 0.403. The van der Waals surface area contributed by atoms with E-state index in [0.717, 1.165) is 12.8 Å². The van der Waals surface area contributed by atoms with Gasteiger partial charge in [0.05, 0.1) is 6.10 Å². The summed E-state index contributed by atoms with van der Waals surface area (Å²) in [5.41, 5.74) is 2.82.